The lowest BCUT2D eigenvalue weighted by molar-refractivity contribution is -0.123. The van der Waals surface area contributed by atoms with Crippen molar-refractivity contribution in [1.82, 2.24) is 5.32 Å². The first-order chi connectivity index (χ1) is 5.00. The number of hydrogen-bond donors (Lipinski definition) is 1. The highest BCUT2D eigenvalue weighted by atomic mass is 19.2. The smallest absolute Gasteiger partial charge is 0.229 e. The molecule has 11 heavy (non-hydrogen) atoms. The summed E-state index contributed by atoms with van der Waals surface area (Å²) < 4.78 is 24.8. The minimum Gasteiger partial charge on any atom is -0.359 e. The average Bonchev–Trinajstić information content (AvgIpc) is 2.00. The molecule has 0 aliphatic carbocycles. The standard InChI is InChI=1S/C7H11F2NO/c1-4(7(11)10-3)6(9)5(2)8/h4H,1-3H3,(H,10,11)/b6-5-/t4-/m1/s1. The predicted octanol–water partition coefficient (Wildman–Crippen LogP) is 1.54. The minimum atomic E-state index is -1.04. The fourth-order valence-corrected chi connectivity index (χ4v) is 0.630. The fourth-order valence-electron chi connectivity index (χ4n) is 0.630. The summed E-state index contributed by atoms with van der Waals surface area (Å²) in [5.74, 6) is -3.52. The number of rotatable bonds is 2. The molecule has 0 radical (unpaired) electrons. The topological polar surface area (TPSA) is 29.1 Å². The molecule has 0 saturated heterocycles. The molecule has 0 unspecified atom stereocenters. The Balaban J connectivity index is 4.37. The molecule has 0 bridgehead atoms. The molecule has 0 spiro atoms. The summed E-state index contributed by atoms with van der Waals surface area (Å²) in [6.45, 7) is 2.28. The molecule has 0 saturated carbocycles. The third kappa shape index (κ3) is 2.65. The summed E-state index contributed by atoms with van der Waals surface area (Å²) in [5, 5.41) is 2.22. The van der Waals surface area contributed by atoms with Gasteiger partial charge in [-0.2, -0.15) is 0 Å². The number of amides is 1. The van der Waals surface area contributed by atoms with Crippen molar-refractivity contribution in [3.63, 3.8) is 0 Å². The van der Waals surface area contributed by atoms with Gasteiger partial charge in [0.25, 0.3) is 0 Å². The monoisotopic (exact) mass is 163 g/mol. The van der Waals surface area contributed by atoms with Crippen LogP contribution in [0.5, 0.6) is 0 Å². The molecular weight excluding hydrogens is 152 g/mol. The van der Waals surface area contributed by atoms with Gasteiger partial charge < -0.3 is 5.32 Å². The van der Waals surface area contributed by atoms with Gasteiger partial charge in [-0.1, -0.05) is 0 Å². The van der Waals surface area contributed by atoms with Crippen LogP contribution in [0.3, 0.4) is 0 Å². The Morgan fingerprint density at radius 2 is 1.91 bits per heavy atom. The van der Waals surface area contributed by atoms with Crippen molar-refractivity contribution in [1.29, 1.82) is 0 Å². The van der Waals surface area contributed by atoms with E-state index in [0.29, 0.717) is 0 Å². The highest BCUT2D eigenvalue weighted by molar-refractivity contribution is 5.80. The van der Waals surface area contributed by atoms with Gasteiger partial charge in [0.05, 0.1) is 5.92 Å². The van der Waals surface area contributed by atoms with E-state index in [1.807, 2.05) is 0 Å². The zero-order valence-electron chi connectivity index (χ0n) is 6.74. The van der Waals surface area contributed by atoms with Crippen LogP contribution < -0.4 is 5.32 Å². The van der Waals surface area contributed by atoms with E-state index >= 15 is 0 Å². The lowest BCUT2D eigenvalue weighted by Gasteiger charge is -2.06. The molecule has 4 heteroatoms. The molecule has 0 fully saturated rings. The Morgan fingerprint density at radius 3 is 2.18 bits per heavy atom. The van der Waals surface area contributed by atoms with Crippen molar-refractivity contribution >= 4 is 5.91 Å². The van der Waals surface area contributed by atoms with Gasteiger partial charge in [0.1, 0.15) is 11.7 Å². The molecule has 0 aromatic rings. The zero-order chi connectivity index (χ0) is 9.02. The fraction of sp³-hybridized carbons (Fsp3) is 0.571. The van der Waals surface area contributed by atoms with E-state index in [0.717, 1.165) is 6.92 Å². The van der Waals surface area contributed by atoms with Gasteiger partial charge in [-0.25, -0.2) is 8.78 Å². The Kier molecular flexibility index (Phi) is 3.71. The van der Waals surface area contributed by atoms with Crippen LogP contribution in [-0.2, 0) is 4.79 Å². The predicted molar refractivity (Wildman–Crippen MR) is 38.1 cm³/mol. The van der Waals surface area contributed by atoms with Crippen LogP contribution in [0.4, 0.5) is 8.78 Å². The molecule has 1 atom stereocenters. The summed E-state index contributed by atoms with van der Waals surface area (Å²) in [4.78, 5) is 10.7. The molecule has 0 aromatic heterocycles. The SMILES string of the molecule is CNC(=O)[C@H](C)/C(F)=C(\C)F. The van der Waals surface area contributed by atoms with E-state index in [9.17, 15) is 13.6 Å². The van der Waals surface area contributed by atoms with E-state index in [1.165, 1.54) is 14.0 Å². The lowest BCUT2D eigenvalue weighted by Crippen LogP contribution is -2.25. The van der Waals surface area contributed by atoms with Gasteiger partial charge in [-0.15, -0.1) is 0 Å². The summed E-state index contributed by atoms with van der Waals surface area (Å²) in [6.07, 6.45) is 0. The highest BCUT2D eigenvalue weighted by Gasteiger charge is 2.18. The van der Waals surface area contributed by atoms with Gasteiger partial charge >= 0.3 is 0 Å². The second kappa shape index (κ2) is 4.05. The normalized spacial score (nSPS) is 15.4. The van der Waals surface area contributed by atoms with Gasteiger partial charge in [0.2, 0.25) is 5.91 Å². The van der Waals surface area contributed by atoms with Crippen LogP contribution in [0, 0.1) is 5.92 Å². The van der Waals surface area contributed by atoms with Crippen molar-refractivity contribution in [3.8, 4) is 0 Å². The Bertz CT molecular complexity index is 185. The Morgan fingerprint density at radius 1 is 1.45 bits per heavy atom. The average molecular weight is 163 g/mol. The summed E-state index contributed by atoms with van der Waals surface area (Å²) in [6, 6.07) is 0. The summed E-state index contributed by atoms with van der Waals surface area (Å²) in [5.41, 5.74) is 0. The van der Waals surface area contributed by atoms with Crippen LogP contribution in [0.15, 0.2) is 11.7 Å². The number of carbonyl (C=O) groups excluding carboxylic acids is 1. The molecule has 1 amide bonds. The van der Waals surface area contributed by atoms with E-state index in [4.69, 9.17) is 0 Å². The van der Waals surface area contributed by atoms with Crippen LogP contribution in [-0.4, -0.2) is 13.0 Å². The molecule has 0 heterocycles. The molecular formula is C7H11F2NO. The van der Waals surface area contributed by atoms with E-state index in [-0.39, 0.29) is 0 Å². The highest BCUT2D eigenvalue weighted by Crippen LogP contribution is 2.17. The van der Waals surface area contributed by atoms with Crippen LogP contribution in [0.1, 0.15) is 13.8 Å². The van der Waals surface area contributed by atoms with Crippen molar-refractivity contribution in [2.24, 2.45) is 5.92 Å². The van der Waals surface area contributed by atoms with Crippen LogP contribution in [0.2, 0.25) is 0 Å². The van der Waals surface area contributed by atoms with Gasteiger partial charge in [0.15, 0.2) is 0 Å². The van der Waals surface area contributed by atoms with Crippen molar-refractivity contribution < 1.29 is 13.6 Å². The number of carbonyl (C=O) groups is 1. The largest absolute Gasteiger partial charge is 0.359 e. The van der Waals surface area contributed by atoms with Crippen LogP contribution in [0.25, 0.3) is 0 Å². The van der Waals surface area contributed by atoms with Crippen molar-refractivity contribution in [3.05, 3.63) is 11.7 Å². The molecule has 1 N–H and O–H groups in total. The van der Waals surface area contributed by atoms with Gasteiger partial charge in [-0.3, -0.25) is 4.79 Å². The third-order valence-electron chi connectivity index (χ3n) is 1.35. The van der Waals surface area contributed by atoms with E-state index < -0.39 is 23.5 Å². The van der Waals surface area contributed by atoms with Crippen molar-refractivity contribution in [2.75, 3.05) is 7.05 Å². The first-order valence-corrected chi connectivity index (χ1v) is 3.24. The van der Waals surface area contributed by atoms with Gasteiger partial charge in [-0.05, 0) is 13.8 Å². The lowest BCUT2D eigenvalue weighted by atomic mass is 10.1. The first kappa shape index (κ1) is 10.1. The Hall–Kier alpha value is -0.930. The summed E-state index contributed by atoms with van der Waals surface area (Å²) in [7, 11) is 1.37. The number of nitrogens with one attached hydrogen (secondary N) is 1. The maximum absolute atomic E-state index is 12.6. The third-order valence-corrected chi connectivity index (χ3v) is 1.35. The molecule has 0 rings (SSSR count). The molecule has 0 aliphatic rings. The quantitative estimate of drug-likeness (QED) is 0.657. The maximum Gasteiger partial charge on any atom is 0.229 e. The number of halogens is 2. The second-order valence-electron chi connectivity index (χ2n) is 2.22. The Labute approximate surface area is 64.3 Å². The molecule has 0 aliphatic heterocycles. The molecule has 0 aromatic carbocycles. The number of allylic oxidation sites excluding steroid dienone is 1. The maximum atomic E-state index is 12.6. The minimum absolute atomic E-state index is 0.528. The molecule has 64 valence electrons. The van der Waals surface area contributed by atoms with E-state index in [2.05, 4.69) is 5.32 Å². The second-order valence-corrected chi connectivity index (χ2v) is 2.22. The van der Waals surface area contributed by atoms with Crippen molar-refractivity contribution in [2.45, 2.75) is 13.8 Å². The zero-order valence-corrected chi connectivity index (χ0v) is 6.74. The van der Waals surface area contributed by atoms with Crippen LogP contribution >= 0.6 is 0 Å². The van der Waals surface area contributed by atoms with E-state index in [1.54, 1.807) is 0 Å². The van der Waals surface area contributed by atoms with Gasteiger partial charge in [0, 0.05) is 7.05 Å². The molecule has 2 nitrogen and oxygen atoms in total. The summed E-state index contributed by atoms with van der Waals surface area (Å²) >= 11 is 0. The first-order valence-electron chi connectivity index (χ1n) is 3.24. The number of hydrogen-bond acceptors (Lipinski definition) is 1.